The van der Waals surface area contributed by atoms with Crippen LogP contribution in [-0.4, -0.2) is 49.2 Å². The standard InChI is InChI=1S/C31H29F11O4S/c1-3-5-6-7-19-8-11-22(23(16-19)46-31(40,41)42)25-17-20-9-10-21(18-24(20)47-25)44-14-12-27(32,33)29(36,37)30(38,39)28(34,35)13-15-45-26(43)4-2/h4,8-11,16-18H,2-3,5-7,12-15H2,1H3. The highest BCUT2D eigenvalue weighted by Crippen LogP contribution is 2.54. The Morgan fingerprint density at radius 2 is 1.47 bits per heavy atom. The number of alkyl halides is 11. The molecule has 0 atom stereocenters. The molecule has 47 heavy (non-hydrogen) atoms. The van der Waals surface area contributed by atoms with E-state index >= 15 is 0 Å². The topological polar surface area (TPSA) is 44.8 Å². The first-order chi connectivity index (χ1) is 21.7. The lowest BCUT2D eigenvalue weighted by Gasteiger charge is -2.36. The molecule has 0 saturated carbocycles. The summed E-state index contributed by atoms with van der Waals surface area (Å²) >= 11 is 0.976. The van der Waals surface area contributed by atoms with Crippen molar-refractivity contribution in [3.05, 3.63) is 60.7 Å². The number of fused-ring (bicyclic) bond motifs is 1. The van der Waals surface area contributed by atoms with Crippen LogP contribution in [0, 0.1) is 0 Å². The number of thiophene rings is 1. The number of rotatable bonds is 17. The van der Waals surface area contributed by atoms with E-state index in [9.17, 15) is 53.1 Å². The number of unbranched alkanes of at least 4 members (excludes halogenated alkanes) is 2. The summed E-state index contributed by atoms with van der Waals surface area (Å²) in [6.07, 6.45) is -5.64. The van der Waals surface area contributed by atoms with Gasteiger partial charge in [0.1, 0.15) is 11.5 Å². The number of carbonyl (C=O) groups is 1. The van der Waals surface area contributed by atoms with Gasteiger partial charge >= 0.3 is 36.0 Å². The molecule has 1 heterocycles. The third-order valence-electron chi connectivity index (χ3n) is 6.92. The first kappa shape index (κ1) is 37.9. The molecule has 0 bridgehead atoms. The second-order valence-electron chi connectivity index (χ2n) is 10.4. The average Bonchev–Trinajstić information content (AvgIpc) is 3.39. The fourth-order valence-electron chi connectivity index (χ4n) is 4.36. The highest BCUT2D eigenvalue weighted by Gasteiger charge is 2.79. The lowest BCUT2D eigenvalue weighted by molar-refractivity contribution is -0.368. The van der Waals surface area contributed by atoms with Crippen LogP contribution < -0.4 is 9.47 Å². The molecule has 4 nitrogen and oxygen atoms in total. The van der Waals surface area contributed by atoms with Crippen molar-refractivity contribution in [3.8, 4) is 21.9 Å². The van der Waals surface area contributed by atoms with Crippen LogP contribution in [-0.2, 0) is 16.0 Å². The first-order valence-electron chi connectivity index (χ1n) is 14.1. The van der Waals surface area contributed by atoms with Gasteiger partial charge in [0.05, 0.1) is 26.1 Å². The van der Waals surface area contributed by atoms with Crippen molar-refractivity contribution in [2.75, 3.05) is 13.2 Å². The van der Waals surface area contributed by atoms with Crippen LogP contribution in [0.25, 0.3) is 20.5 Å². The van der Waals surface area contributed by atoms with Crippen molar-refractivity contribution in [1.82, 2.24) is 0 Å². The number of ether oxygens (including phenoxy) is 3. The van der Waals surface area contributed by atoms with Gasteiger partial charge in [-0.2, -0.15) is 35.1 Å². The van der Waals surface area contributed by atoms with Crippen molar-refractivity contribution in [2.24, 2.45) is 0 Å². The van der Waals surface area contributed by atoms with E-state index in [0.29, 0.717) is 33.0 Å². The molecular weight excluding hydrogens is 677 g/mol. The summed E-state index contributed by atoms with van der Waals surface area (Å²) in [7, 11) is 0. The second kappa shape index (κ2) is 14.7. The molecule has 1 aromatic heterocycles. The third-order valence-corrected chi connectivity index (χ3v) is 8.05. The van der Waals surface area contributed by atoms with E-state index in [2.05, 4.69) is 16.1 Å². The van der Waals surface area contributed by atoms with Crippen LogP contribution in [0.3, 0.4) is 0 Å². The molecule has 3 rings (SSSR count). The van der Waals surface area contributed by atoms with Gasteiger partial charge in [-0.25, -0.2) is 4.79 Å². The minimum atomic E-state index is -6.54. The van der Waals surface area contributed by atoms with Crippen molar-refractivity contribution in [2.45, 2.75) is 75.5 Å². The largest absolute Gasteiger partial charge is 0.573 e. The maximum atomic E-state index is 14.3. The quantitative estimate of drug-likeness (QED) is 0.0607. The van der Waals surface area contributed by atoms with Gasteiger partial charge in [0.15, 0.2) is 0 Å². The highest BCUT2D eigenvalue weighted by molar-refractivity contribution is 7.22. The monoisotopic (exact) mass is 706 g/mol. The summed E-state index contributed by atoms with van der Waals surface area (Å²) < 4.78 is 167. The Labute approximate surface area is 266 Å². The lowest BCUT2D eigenvalue weighted by Crippen LogP contribution is -2.62. The van der Waals surface area contributed by atoms with E-state index < -0.39 is 67.8 Å². The lowest BCUT2D eigenvalue weighted by atomic mass is 9.95. The predicted molar refractivity (Wildman–Crippen MR) is 153 cm³/mol. The minimum Gasteiger partial charge on any atom is -0.493 e. The van der Waals surface area contributed by atoms with Crippen LogP contribution in [0.5, 0.6) is 11.5 Å². The number of benzene rings is 2. The number of esters is 1. The average molecular weight is 707 g/mol. The Morgan fingerprint density at radius 1 is 0.830 bits per heavy atom. The summed E-state index contributed by atoms with van der Waals surface area (Å²) in [6, 6.07) is 9.84. The van der Waals surface area contributed by atoms with E-state index in [1.165, 1.54) is 36.4 Å². The fourth-order valence-corrected chi connectivity index (χ4v) is 5.48. The van der Waals surface area contributed by atoms with Gasteiger partial charge in [0.25, 0.3) is 0 Å². The van der Waals surface area contributed by atoms with Gasteiger partial charge in [-0.05, 0) is 60.2 Å². The Morgan fingerprint density at radius 3 is 2.06 bits per heavy atom. The number of hydrogen-bond acceptors (Lipinski definition) is 5. The van der Waals surface area contributed by atoms with E-state index in [4.69, 9.17) is 4.74 Å². The van der Waals surface area contributed by atoms with Gasteiger partial charge in [0, 0.05) is 21.2 Å². The zero-order valence-electron chi connectivity index (χ0n) is 24.7. The zero-order chi connectivity index (χ0) is 35.3. The van der Waals surface area contributed by atoms with Crippen molar-refractivity contribution in [3.63, 3.8) is 0 Å². The van der Waals surface area contributed by atoms with Gasteiger partial charge < -0.3 is 14.2 Å². The molecule has 0 radical (unpaired) electrons. The molecule has 0 aliphatic carbocycles. The summed E-state index contributed by atoms with van der Waals surface area (Å²) in [5.41, 5.74) is 0.750. The van der Waals surface area contributed by atoms with Gasteiger partial charge in [-0.1, -0.05) is 32.4 Å². The van der Waals surface area contributed by atoms with E-state index in [1.54, 1.807) is 6.07 Å². The van der Waals surface area contributed by atoms with Crippen LogP contribution in [0.2, 0.25) is 0 Å². The zero-order valence-corrected chi connectivity index (χ0v) is 25.5. The Bertz CT molecular complexity index is 1530. The van der Waals surface area contributed by atoms with Crippen LogP contribution in [0.15, 0.2) is 55.1 Å². The second-order valence-corrected chi connectivity index (χ2v) is 11.5. The van der Waals surface area contributed by atoms with Crippen LogP contribution in [0.4, 0.5) is 48.3 Å². The Balaban J connectivity index is 1.75. The molecular formula is C31H29F11O4S. The SMILES string of the molecule is C=CC(=O)OCCC(F)(F)C(F)(F)C(F)(F)C(F)(F)CCOc1ccc2cc(-c3ccc(CCCCC)cc3OC(F)(F)F)sc2c1. The van der Waals surface area contributed by atoms with Crippen molar-refractivity contribution >= 4 is 27.4 Å². The van der Waals surface area contributed by atoms with Crippen molar-refractivity contribution < 1.29 is 67.3 Å². The maximum absolute atomic E-state index is 14.3. The summed E-state index contributed by atoms with van der Waals surface area (Å²) in [4.78, 5) is 11.2. The number of hydrogen-bond donors (Lipinski definition) is 0. The van der Waals surface area contributed by atoms with Crippen LogP contribution >= 0.6 is 11.3 Å². The number of carbonyl (C=O) groups excluding carboxylic acids is 1. The molecule has 0 unspecified atom stereocenters. The summed E-state index contributed by atoms with van der Waals surface area (Å²) in [5.74, 6) is -26.4. The van der Waals surface area contributed by atoms with Gasteiger partial charge in [0.2, 0.25) is 0 Å². The number of halogens is 11. The third kappa shape index (κ3) is 9.08. The molecule has 0 fully saturated rings. The molecule has 2 aromatic carbocycles. The van der Waals surface area contributed by atoms with Gasteiger partial charge in [-0.3, -0.25) is 0 Å². The van der Waals surface area contributed by atoms with E-state index in [1.807, 2.05) is 6.92 Å². The van der Waals surface area contributed by atoms with E-state index in [0.717, 1.165) is 30.6 Å². The number of aryl methyl sites for hydroxylation is 1. The molecule has 260 valence electrons. The van der Waals surface area contributed by atoms with E-state index in [-0.39, 0.29) is 11.3 Å². The molecule has 0 aliphatic rings. The molecule has 16 heteroatoms. The predicted octanol–water partition coefficient (Wildman–Crippen LogP) is 10.6. The minimum absolute atomic E-state index is 0.115. The maximum Gasteiger partial charge on any atom is 0.573 e. The van der Waals surface area contributed by atoms with Crippen LogP contribution in [0.1, 0.15) is 44.6 Å². The smallest absolute Gasteiger partial charge is 0.493 e. The molecule has 0 spiro atoms. The molecule has 0 amide bonds. The molecule has 0 N–H and O–H groups in total. The Kier molecular flexibility index (Phi) is 11.8. The molecule has 3 aromatic rings. The highest BCUT2D eigenvalue weighted by atomic mass is 32.1. The summed E-state index contributed by atoms with van der Waals surface area (Å²) in [6.45, 7) is 2.14. The summed E-state index contributed by atoms with van der Waals surface area (Å²) in [5, 5.41) is 0.486. The Hall–Kier alpha value is -3.56. The molecule has 0 saturated heterocycles. The first-order valence-corrected chi connectivity index (χ1v) is 14.9. The van der Waals surface area contributed by atoms with Gasteiger partial charge in [-0.15, -0.1) is 24.5 Å². The fraction of sp³-hybridized carbons (Fsp3) is 0.452. The normalized spacial score (nSPS) is 13.1. The van der Waals surface area contributed by atoms with Crippen molar-refractivity contribution in [1.29, 1.82) is 0 Å². The molecule has 0 aliphatic heterocycles.